The first-order valence-electron chi connectivity index (χ1n) is 6.76. The Labute approximate surface area is 134 Å². The van der Waals surface area contributed by atoms with E-state index < -0.39 is 20.7 Å². The molecule has 124 valence electrons. The lowest BCUT2D eigenvalue weighted by molar-refractivity contribution is 0.208. The molecule has 0 aliphatic heterocycles. The van der Waals surface area contributed by atoms with E-state index in [1.807, 2.05) is 0 Å². The number of benzene rings is 1. The molecule has 1 aromatic heterocycles. The maximum Gasteiger partial charge on any atom is 0.267 e. The van der Waals surface area contributed by atoms with E-state index in [9.17, 15) is 12.8 Å². The van der Waals surface area contributed by atoms with Crippen LogP contribution in [0, 0.1) is 5.82 Å². The van der Waals surface area contributed by atoms with Crippen molar-refractivity contribution in [3.63, 3.8) is 0 Å². The van der Waals surface area contributed by atoms with Crippen molar-refractivity contribution in [2.45, 2.75) is 4.90 Å². The molecule has 0 N–H and O–H groups in total. The summed E-state index contributed by atoms with van der Waals surface area (Å²) in [6.07, 6.45) is 2.93. The van der Waals surface area contributed by atoms with Crippen LogP contribution in [0.4, 0.5) is 10.1 Å². The number of ether oxygens (including phenoxy) is 2. The average Bonchev–Trinajstić information content (AvgIpc) is 2.56. The molecule has 0 saturated carbocycles. The van der Waals surface area contributed by atoms with Crippen LogP contribution >= 0.6 is 0 Å². The molecule has 23 heavy (non-hydrogen) atoms. The molecule has 1 heterocycles. The summed E-state index contributed by atoms with van der Waals surface area (Å²) in [5, 5.41) is 0. The first-order chi connectivity index (χ1) is 11.0. The van der Waals surface area contributed by atoms with Crippen molar-refractivity contribution < 1.29 is 22.3 Å². The molecular formula is C15H17FN2O4S. The van der Waals surface area contributed by atoms with Crippen LogP contribution in [0.25, 0.3) is 0 Å². The molecule has 0 saturated heterocycles. The van der Waals surface area contributed by atoms with Crippen molar-refractivity contribution in [3.05, 3.63) is 48.5 Å². The van der Waals surface area contributed by atoms with Gasteiger partial charge in [-0.25, -0.2) is 12.8 Å². The smallest absolute Gasteiger partial charge is 0.267 e. The molecule has 2 aromatic rings. The monoisotopic (exact) mass is 340 g/mol. The SMILES string of the molecule is COCCN(c1ccncc1)S(=O)(=O)c1cccc(OC)c1F. The highest BCUT2D eigenvalue weighted by molar-refractivity contribution is 7.92. The van der Waals surface area contributed by atoms with Gasteiger partial charge in [0.2, 0.25) is 0 Å². The van der Waals surface area contributed by atoms with Gasteiger partial charge < -0.3 is 9.47 Å². The molecule has 0 bridgehead atoms. The van der Waals surface area contributed by atoms with Crippen LogP contribution in [-0.4, -0.2) is 40.8 Å². The number of methoxy groups -OCH3 is 2. The molecule has 1 aromatic carbocycles. The van der Waals surface area contributed by atoms with Crippen molar-refractivity contribution in [3.8, 4) is 5.75 Å². The van der Waals surface area contributed by atoms with Gasteiger partial charge in [0.1, 0.15) is 4.90 Å². The van der Waals surface area contributed by atoms with E-state index in [0.717, 1.165) is 4.31 Å². The van der Waals surface area contributed by atoms with Crippen LogP contribution in [0.1, 0.15) is 0 Å². The Kier molecular flexibility index (Phi) is 5.51. The summed E-state index contributed by atoms with van der Waals surface area (Å²) in [6.45, 7) is 0.201. The molecule has 0 spiro atoms. The standard InChI is InChI=1S/C15H17FN2O4S/c1-21-11-10-18(12-6-8-17-9-7-12)23(19,20)14-5-3-4-13(22-2)15(14)16/h3-9H,10-11H2,1-2H3. The lowest BCUT2D eigenvalue weighted by Crippen LogP contribution is -2.34. The Morgan fingerprint density at radius 3 is 2.48 bits per heavy atom. The van der Waals surface area contributed by atoms with Gasteiger partial charge >= 0.3 is 0 Å². The van der Waals surface area contributed by atoms with Gasteiger partial charge in [0.25, 0.3) is 10.0 Å². The van der Waals surface area contributed by atoms with Crippen LogP contribution in [0.15, 0.2) is 47.6 Å². The van der Waals surface area contributed by atoms with E-state index >= 15 is 0 Å². The number of anilines is 1. The van der Waals surface area contributed by atoms with Crippen molar-refractivity contribution in [1.29, 1.82) is 0 Å². The van der Waals surface area contributed by atoms with Gasteiger partial charge in [-0.05, 0) is 24.3 Å². The summed E-state index contributed by atoms with van der Waals surface area (Å²) in [5.41, 5.74) is 0.374. The number of rotatable bonds is 7. The van der Waals surface area contributed by atoms with E-state index in [1.54, 1.807) is 0 Å². The van der Waals surface area contributed by atoms with Gasteiger partial charge in [-0.15, -0.1) is 0 Å². The van der Waals surface area contributed by atoms with Gasteiger partial charge in [0, 0.05) is 19.5 Å². The third kappa shape index (κ3) is 3.59. The first-order valence-corrected chi connectivity index (χ1v) is 8.20. The average molecular weight is 340 g/mol. The number of hydrogen-bond donors (Lipinski definition) is 0. The molecule has 0 fully saturated rings. The quantitative estimate of drug-likeness (QED) is 0.772. The minimum atomic E-state index is -4.12. The maximum atomic E-state index is 14.4. The number of pyridine rings is 1. The summed E-state index contributed by atoms with van der Waals surface area (Å²) in [4.78, 5) is 3.41. The van der Waals surface area contributed by atoms with Crippen molar-refractivity contribution in [2.75, 3.05) is 31.7 Å². The topological polar surface area (TPSA) is 68.7 Å². The fourth-order valence-electron chi connectivity index (χ4n) is 2.04. The number of halogens is 1. The van der Waals surface area contributed by atoms with Gasteiger partial charge in [0.05, 0.1) is 25.9 Å². The summed E-state index contributed by atoms with van der Waals surface area (Å²) in [5.74, 6) is -1.06. The Morgan fingerprint density at radius 2 is 1.87 bits per heavy atom. The largest absolute Gasteiger partial charge is 0.494 e. The highest BCUT2D eigenvalue weighted by Gasteiger charge is 2.29. The molecule has 0 radical (unpaired) electrons. The lowest BCUT2D eigenvalue weighted by Gasteiger charge is -2.24. The lowest BCUT2D eigenvalue weighted by atomic mass is 10.3. The van der Waals surface area contributed by atoms with Crippen molar-refractivity contribution >= 4 is 15.7 Å². The number of sulfonamides is 1. The second-order valence-electron chi connectivity index (χ2n) is 4.55. The first kappa shape index (κ1) is 17.2. The van der Waals surface area contributed by atoms with Crippen molar-refractivity contribution in [1.82, 2.24) is 4.98 Å². The zero-order chi connectivity index (χ0) is 16.9. The van der Waals surface area contributed by atoms with Crippen LogP contribution in [0.2, 0.25) is 0 Å². The van der Waals surface area contributed by atoms with Crippen LogP contribution in [-0.2, 0) is 14.8 Å². The summed E-state index contributed by atoms with van der Waals surface area (Å²) in [6, 6.07) is 7.06. The molecule has 0 unspecified atom stereocenters. The van der Waals surface area contributed by atoms with Crippen LogP contribution in [0.5, 0.6) is 5.75 Å². The van der Waals surface area contributed by atoms with E-state index in [-0.39, 0.29) is 18.9 Å². The predicted molar refractivity (Wildman–Crippen MR) is 83.6 cm³/mol. The second kappa shape index (κ2) is 7.38. The zero-order valence-corrected chi connectivity index (χ0v) is 13.6. The minimum Gasteiger partial charge on any atom is -0.494 e. The Morgan fingerprint density at radius 1 is 1.17 bits per heavy atom. The van der Waals surface area contributed by atoms with Gasteiger partial charge in [-0.3, -0.25) is 9.29 Å². The van der Waals surface area contributed by atoms with E-state index in [2.05, 4.69) is 4.98 Å². The van der Waals surface area contributed by atoms with Crippen LogP contribution < -0.4 is 9.04 Å². The minimum absolute atomic E-state index is 0.0412. The molecular weight excluding hydrogens is 323 g/mol. The molecule has 0 aliphatic rings. The molecule has 0 amide bonds. The molecule has 0 atom stereocenters. The highest BCUT2D eigenvalue weighted by atomic mass is 32.2. The van der Waals surface area contributed by atoms with Gasteiger partial charge in [-0.2, -0.15) is 0 Å². The van der Waals surface area contributed by atoms with E-state index in [1.165, 1.54) is 56.9 Å². The summed E-state index contributed by atoms with van der Waals surface area (Å²) >= 11 is 0. The molecule has 6 nitrogen and oxygen atoms in total. The predicted octanol–water partition coefficient (Wildman–Crippen LogP) is 2.07. The normalized spacial score (nSPS) is 11.3. The van der Waals surface area contributed by atoms with E-state index in [0.29, 0.717) is 5.69 Å². The molecule has 8 heteroatoms. The third-order valence-corrected chi connectivity index (χ3v) is 5.01. The zero-order valence-electron chi connectivity index (χ0n) is 12.8. The number of nitrogens with zero attached hydrogens (tertiary/aromatic N) is 2. The van der Waals surface area contributed by atoms with Gasteiger partial charge in [0.15, 0.2) is 11.6 Å². The second-order valence-corrected chi connectivity index (χ2v) is 6.38. The van der Waals surface area contributed by atoms with E-state index in [4.69, 9.17) is 9.47 Å². The fourth-order valence-corrected chi connectivity index (χ4v) is 3.57. The van der Waals surface area contributed by atoms with Crippen molar-refractivity contribution in [2.24, 2.45) is 0 Å². The molecule has 2 rings (SSSR count). The Bertz CT molecular complexity index is 753. The van der Waals surface area contributed by atoms with Crippen LogP contribution in [0.3, 0.4) is 0 Å². The van der Waals surface area contributed by atoms with Gasteiger partial charge in [-0.1, -0.05) is 6.07 Å². The highest BCUT2D eigenvalue weighted by Crippen LogP contribution is 2.28. The number of hydrogen-bond acceptors (Lipinski definition) is 5. The summed E-state index contributed by atoms with van der Waals surface area (Å²) in [7, 11) is -1.38. The Balaban J connectivity index is 2.53. The number of aromatic nitrogens is 1. The molecule has 0 aliphatic carbocycles. The Hall–Kier alpha value is -2.19. The fraction of sp³-hybridized carbons (Fsp3) is 0.267. The maximum absolute atomic E-state index is 14.4. The third-order valence-electron chi connectivity index (χ3n) is 3.17. The summed E-state index contributed by atoms with van der Waals surface area (Å²) < 4.78 is 51.1.